The highest BCUT2D eigenvalue weighted by atomic mass is 19.1. The minimum Gasteiger partial charge on any atom is -0.463 e. The number of carboxylic acid groups (broad SMARTS) is 1. The summed E-state index contributed by atoms with van der Waals surface area (Å²) < 4.78 is 16.9. The zero-order valence-corrected chi connectivity index (χ0v) is 23.3. The predicted octanol–water partition coefficient (Wildman–Crippen LogP) is 5.03. The van der Waals surface area contributed by atoms with Gasteiger partial charge in [0.05, 0.1) is 0 Å². The highest BCUT2D eigenvalue weighted by Crippen LogP contribution is 2.38. The molecule has 0 spiro atoms. The molecule has 3 aromatic rings. The van der Waals surface area contributed by atoms with Crippen LogP contribution >= 0.6 is 0 Å². The van der Waals surface area contributed by atoms with Crippen molar-refractivity contribution in [2.24, 2.45) is 28.5 Å². The maximum atomic E-state index is 15.0. The standard InChI is InChI=1S/C29H38FN7O3/c1-16-11-13-18(14-12-16)15-37-22-24(32-17(2)19-7-6-8-19)34-26(23(31)33-28(38)39)35-25(22)36-27(37)29(3,40)20-9-4-5-10-21(20)30/h4-5,9-10,16-19,40H,6-8,11-15H2,1-3H3,(H2,31,33)(H,38,39)(H,32,34,35). The molecule has 10 nitrogen and oxygen atoms in total. The van der Waals surface area contributed by atoms with Crippen molar-refractivity contribution in [1.29, 1.82) is 0 Å². The van der Waals surface area contributed by atoms with Crippen molar-refractivity contribution >= 4 is 28.9 Å². The second-order valence-electron chi connectivity index (χ2n) is 11.7. The maximum absolute atomic E-state index is 15.0. The third-order valence-corrected chi connectivity index (χ3v) is 8.68. The number of carbonyl (C=O) groups is 1. The highest BCUT2D eigenvalue weighted by Gasteiger charge is 2.37. The van der Waals surface area contributed by atoms with Gasteiger partial charge >= 0.3 is 6.09 Å². The lowest BCUT2D eigenvalue weighted by Crippen LogP contribution is -2.32. The van der Waals surface area contributed by atoms with Gasteiger partial charge in [-0.15, -0.1) is 0 Å². The van der Waals surface area contributed by atoms with Crippen LogP contribution in [-0.2, 0) is 12.1 Å². The molecule has 0 aliphatic heterocycles. The molecular weight excluding hydrogens is 513 g/mol. The number of nitrogens with zero attached hydrogens (tertiary/aromatic N) is 5. The summed E-state index contributed by atoms with van der Waals surface area (Å²) in [5, 5.41) is 24.6. The Morgan fingerprint density at radius 2 is 1.90 bits per heavy atom. The number of aliphatic hydroxyl groups is 1. The van der Waals surface area contributed by atoms with Crippen molar-refractivity contribution in [3.05, 3.63) is 47.3 Å². The molecule has 1 aromatic carbocycles. The summed E-state index contributed by atoms with van der Waals surface area (Å²) >= 11 is 0. The average molecular weight is 552 g/mol. The van der Waals surface area contributed by atoms with Gasteiger partial charge in [0.2, 0.25) is 0 Å². The summed E-state index contributed by atoms with van der Waals surface area (Å²) in [6.07, 6.45) is 6.20. The zero-order chi connectivity index (χ0) is 28.6. The third-order valence-electron chi connectivity index (χ3n) is 8.68. The topological polar surface area (TPSA) is 152 Å². The molecule has 0 radical (unpaired) electrons. The number of nitrogens with one attached hydrogen (secondary N) is 1. The van der Waals surface area contributed by atoms with Gasteiger partial charge in [0.25, 0.3) is 0 Å². The summed E-state index contributed by atoms with van der Waals surface area (Å²) in [7, 11) is 0. The van der Waals surface area contributed by atoms with E-state index >= 15 is 4.39 Å². The average Bonchev–Trinajstić information content (AvgIpc) is 3.23. The minimum atomic E-state index is -1.79. The third kappa shape index (κ3) is 5.52. The molecule has 5 rings (SSSR count). The lowest BCUT2D eigenvalue weighted by atomic mass is 9.80. The summed E-state index contributed by atoms with van der Waals surface area (Å²) in [6, 6.07) is 6.19. The summed E-state index contributed by atoms with van der Waals surface area (Å²) in [5.74, 6) is 1.17. The second kappa shape index (κ2) is 11.1. The fourth-order valence-electron chi connectivity index (χ4n) is 5.97. The first-order valence-electron chi connectivity index (χ1n) is 14.1. The van der Waals surface area contributed by atoms with E-state index in [1.54, 1.807) is 18.2 Å². The van der Waals surface area contributed by atoms with E-state index in [0.717, 1.165) is 38.5 Å². The second-order valence-corrected chi connectivity index (χ2v) is 11.7. The van der Waals surface area contributed by atoms with E-state index in [2.05, 4.69) is 34.1 Å². The number of amides is 1. The first-order valence-corrected chi connectivity index (χ1v) is 14.1. The van der Waals surface area contributed by atoms with Crippen LogP contribution in [0.25, 0.3) is 11.2 Å². The van der Waals surface area contributed by atoms with Crippen molar-refractivity contribution in [3.63, 3.8) is 0 Å². The Morgan fingerprint density at radius 1 is 1.20 bits per heavy atom. The molecule has 0 bridgehead atoms. The fraction of sp³-hybridized carbons (Fsp3) is 0.552. The Bertz CT molecular complexity index is 1420. The van der Waals surface area contributed by atoms with Crippen LogP contribution in [0.5, 0.6) is 0 Å². The monoisotopic (exact) mass is 551 g/mol. The number of aromatic nitrogens is 4. The van der Waals surface area contributed by atoms with Crippen molar-refractivity contribution in [1.82, 2.24) is 19.5 Å². The van der Waals surface area contributed by atoms with Gasteiger partial charge in [0.15, 0.2) is 23.1 Å². The molecule has 2 unspecified atom stereocenters. The normalized spacial score (nSPS) is 22.5. The SMILES string of the molecule is CC1CCC(Cn2c(C(C)(O)c3ccccc3F)nc3nc(C(N)=NC(=O)O)nc(NC(C)C4CCC4)c32)CC1. The van der Waals surface area contributed by atoms with E-state index in [9.17, 15) is 9.90 Å². The molecule has 214 valence electrons. The number of nitrogens with two attached hydrogens (primary N) is 1. The molecule has 0 saturated heterocycles. The van der Waals surface area contributed by atoms with Crippen molar-refractivity contribution in [2.45, 2.75) is 83.9 Å². The Balaban J connectivity index is 1.71. The van der Waals surface area contributed by atoms with Gasteiger partial charge in [-0.3, -0.25) is 0 Å². The predicted molar refractivity (Wildman–Crippen MR) is 151 cm³/mol. The Kier molecular flexibility index (Phi) is 7.76. The number of rotatable bonds is 8. The van der Waals surface area contributed by atoms with Gasteiger partial charge in [-0.25, -0.2) is 24.1 Å². The molecule has 2 saturated carbocycles. The number of fused-ring (bicyclic) bond motifs is 1. The Labute approximate surface area is 233 Å². The Morgan fingerprint density at radius 3 is 2.52 bits per heavy atom. The number of hydrogen-bond acceptors (Lipinski definition) is 6. The van der Waals surface area contributed by atoms with E-state index < -0.39 is 17.5 Å². The Hall–Kier alpha value is -3.60. The van der Waals surface area contributed by atoms with Crippen LogP contribution in [0.4, 0.5) is 15.0 Å². The van der Waals surface area contributed by atoms with E-state index in [0.29, 0.717) is 35.6 Å². The number of benzene rings is 1. The van der Waals surface area contributed by atoms with Crippen LogP contribution in [-0.4, -0.2) is 47.7 Å². The fourth-order valence-corrected chi connectivity index (χ4v) is 5.97. The minimum absolute atomic E-state index is 0.0757. The molecule has 2 aliphatic rings. The van der Waals surface area contributed by atoms with Crippen molar-refractivity contribution < 1.29 is 19.4 Å². The zero-order valence-electron chi connectivity index (χ0n) is 23.3. The summed E-state index contributed by atoms with van der Waals surface area (Å²) in [6.45, 7) is 6.44. The van der Waals surface area contributed by atoms with Gasteiger partial charge in [-0.05, 0) is 63.4 Å². The summed E-state index contributed by atoms with van der Waals surface area (Å²) in [4.78, 5) is 28.5. The molecule has 2 heterocycles. The molecule has 40 heavy (non-hydrogen) atoms. The molecule has 2 atom stereocenters. The number of amidine groups is 1. The van der Waals surface area contributed by atoms with Crippen LogP contribution in [0.2, 0.25) is 0 Å². The lowest BCUT2D eigenvalue weighted by molar-refractivity contribution is 0.0826. The highest BCUT2D eigenvalue weighted by molar-refractivity contribution is 6.01. The summed E-state index contributed by atoms with van der Waals surface area (Å²) in [5.41, 5.74) is 5.08. The molecule has 5 N–H and O–H groups in total. The van der Waals surface area contributed by atoms with Gasteiger partial charge in [-0.2, -0.15) is 4.99 Å². The van der Waals surface area contributed by atoms with E-state index in [1.165, 1.54) is 19.4 Å². The van der Waals surface area contributed by atoms with Crippen LogP contribution < -0.4 is 11.1 Å². The smallest absolute Gasteiger partial charge is 0.433 e. The van der Waals surface area contributed by atoms with E-state index in [1.807, 2.05) is 4.57 Å². The quantitative estimate of drug-likeness (QED) is 0.225. The molecule has 2 aliphatic carbocycles. The lowest BCUT2D eigenvalue weighted by Gasteiger charge is -2.33. The van der Waals surface area contributed by atoms with Crippen LogP contribution in [0.3, 0.4) is 0 Å². The molecular formula is C29H38FN7O3. The molecule has 1 amide bonds. The number of halogens is 1. The van der Waals surface area contributed by atoms with E-state index in [-0.39, 0.29) is 34.7 Å². The van der Waals surface area contributed by atoms with Gasteiger partial charge in [0.1, 0.15) is 22.8 Å². The number of imidazole rings is 1. The van der Waals surface area contributed by atoms with Gasteiger partial charge < -0.3 is 25.8 Å². The maximum Gasteiger partial charge on any atom is 0.433 e. The molecule has 2 aromatic heterocycles. The van der Waals surface area contributed by atoms with Gasteiger partial charge in [0, 0.05) is 18.2 Å². The van der Waals surface area contributed by atoms with Crippen LogP contribution in [0.15, 0.2) is 29.3 Å². The first kappa shape index (κ1) is 27.9. The van der Waals surface area contributed by atoms with E-state index in [4.69, 9.17) is 15.8 Å². The molecule has 11 heteroatoms. The van der Waals surface area contributed by atoms with Crippen molar-refractivity contribution in [3.8, 4) is 0 Å². The first-order chi connectivity index (χ1) is 19.0. The van der Waals surface area contributed by atoms with Gasteiger partial charge in [-0.1, -0.05) is 44.4 Å². The number of aliphatic imine (C=N–C) groups is 1. The van der Waals surface area contributed by atoms with Crippen LogP contribution in [0, 0.1) is 23.6 Å². The number of hydrogen-bond donors (Lipinski definition) is 4. The van der Waals surface area contributed by atoms with Crippen LogP contribution in [0.1, 0.15) is 82.9 Å². The largest absolute Gasteiger partial charge is 0.463 e. The number of anilines is 1. The molecule has 2 fully saturated rings. The van der Waals surface area contributed by atoms with Crippen molar-refractivity contribution in [2.75, 3.05) is 5.32 Å².